The minimum Gasteiger partial charge on any atom is -0.331 e. The number of anilines is 1. The number of nitrogens with one attached hydrogen (secondary N) is 1. The molecule has 1 heterocycles. The highest BCUT2D eigenvalue weighted by Gasteiger charge is 2.26. The maximum absolute atomic E-state index is 12.7. The van der Waals surface area contributed by atoms with Gasteiger partial charge in [0.05, 0.1) is 0 Å². The molecule has 0 radical (unpaired) electrons. The van der Waals surface area contributed by atoms with Crippen LogP contribution in [0.3, 0.4) is 0 Å². The number of hydrogen-bond donors (Lipinski definition) is 1. The lowest BCUT2D eigenvalue weighted by Crippen LogP contribution is -2.45. The van der Waals surface area contributed by atoms with Crippen LogP contribution in [0.2, 0.25) is 0 Å². The van der Waals surface area contributed by atoms with Crippen molar-refractivity contribution in [2.75, 3.05) is 11.9 Å². The van der Waals surface area contributed by atoms with Crippen LogP contribution in [0.4, 0.5) is 5.13 Å². The third-order valence-electron chi connectivity index (χ3n) is 3.84. The van der Waals surface area contributed by atoms with Crippen molar-refractivity contribution in [3.05, 3.63) is 11.1 Å². The van der Waals surface area contributed by atoms with Gasteiger partial charge in [-0.3, -0.25) is 9.59 Å². The molecule has 0 aromatic carbocycles. The Hall–Kier alpha value is -1.43. The van der Waals surface area contributed by atoms with Gasteiger partial charge in [0, 0.05) is 23.0 Å². The molecule has 1 rings (SSSR count). The van der Waals surface area contributed by atoms with Gasteiger partial charge in [-0.25, -0.2) is 4.98 Å². The standard InChI is InChI=1S/C17H29N3O2S/c1-6-8-9-14(7-2)16(22)20(12(3)4)11-15(21)19-17-18-10-13(5)23-17/h10,12,14H,6-9,11H2,1-5H3,(H,18,19,21). The summed E-state index contributed by atoms with van der Waals surface area (Å²) in [6.07, 6.45) is 5.55. The van der Waals surface area contributed by atoms with E-state index in [-0.39, 0.29) is 30.3 Å². The van der Waals surface area contributed by atoms with Crippen LogP contribution in [0.15, 0.2) is 6.20 Å². The van der Waals surface area contributed by atoms with Gasteiger partial charge in [-0.15, -0.1) is 11.3 Å². The van der Waals surface area contributed by atoms with Crippen molar-refractivity contribution >= 4 is 28.3 Å². The summed E-state index contributed by atoms with van der Waals surface area (Å²) < 4.78 is 0. The summed E-state index contributed by atoms with van der Waals surface area (Å²) in [5.74, 6) is -0.0968. The number of carbonyl (C=O) groups excluding carboxylic acids is 2. The smallest absolute Gasteiger partial charge is 0.245 e. The first-order chi connectivity index (χ1) is 10.9. The minimum absolute atomic E-state index is 0.00181. The number of thiazole rings is 1. The summed E-state index contributed by atoms with van der Waals surface area (Å²) in [5.41, 5.74) is 0. The molecule has 130 valence electrons. The lowest BCUT2D eigenvalue weighted by molar-refractivity contribution is -0.140. The second-order valence-corrected chi connectivity index (χ2v) is 7.37. The van der Waals surface area contributed by atoms with Crippen LogP contribution in [0.25, 0.3) is 0 Å². The zero-order valence-electron chi connectivity index (χ0n) is 14.9. The molecule has 5 nitrogen and oxygen atoms in total. The van der Waals surface area contributed by atoms with Gasteiger partial charge in [0.25, 0.3) is 0 Å². The molecule has 1 unspecified atom stereocenters. The van der Waals surface area contributed by atoms with E-state index in [1.54, 1.807) is 11.1 Å². The minimum atomic E-state index is -0.188. The zero-order valence-corrected chi connectivity index (χ0v) is 15.7. The molecule has 0 saturated carbocycles. The molecular formula is C17H29N3O2S. The molecule has 6 heteroatoms. The van der Waals surface area contributed by atoms with Crippen molar-refractivity contribution in [3.8, 4) is 0 Å². The molecule has 23 heavy (non-hydrogen) atoms. The van der Waals surface area contributed by atoms with Gasteiger partial charge in [-0.2, -0.15) is 0 Å². The Labute approximate surface area is 143 Å². The lowest BCUT2D eigenvalue weighted by atomic mass is 9.97. The normalized spacial score (nSPS) is 12.3. The quantitative estimate of drug-likeness (QED) is 0.743. The van der Waals surface area contributed by atoms with E-state index in [1.807, 2.05) is 27.7 Å². The lowest BCUT2D eigenvalue weighted by Gasteiger charge is -2.29. The fraction of sp³-hybridized carbons (Fsp3) is 0.706. The Bertz CT molecular complexity index is 514. The Morgan fingerprint density at radius 2 is 2.04 bits per heavy atom. The number of rotatable bonds is 9. The summed E-state index contributed by atoms with van der Waals surface area (Å²) in [6.45, 7) is 10.1. The zero-order chi connectivity index (χ0) is 17.4. The molecule has 1 N–H and O–H groups in total. The molecule has 0 aliphatic heterocycles. The van der Waals surface area contributed by atoms with Crippen LogP contribution in [0.5, 0.6) is 0 Å². The first-order valence-corrected chi connectivity index (χ1v) is 9.23. The molecule has 0 aliphatic rings. The van der Waals surface area contributed by atoms with Gasteiger partial charge < -0.3 is 10.2 Å². The average Bonchev–Trinajstić information content (AvgIpc) is 2.90. The number of unbranched alkanes of at least 4 members (excludes halogenated alkanes) is 1. The van der Waals surface area contributed by atoms with Crippen LogP contribution in [-0.4, -0.2) is 34.3 Å². The first kappa shape index (κ1) is 19.6. The number of aryl methyl sites for hydroxylation is 1. The van der Waals surface area contributed by atoms with Crippen molar-refractivity contribution in [1.82, 2.24) is 9.88 Å². The van der Waals surface area contributed by atoms with Crippen LogP contribution in [0.1, 0.15) is 58.3 Å². The topological polar surface area (TPSA) is 62.3 Å². The van der Waals surface area contributed by atoms with E-state index in [0.29, 0.717) is 5.13 Å². The monoisotopic (exact) mass is 339 g/mol. The summed E-state index contributed by atoms with van der Waals surface area (Å²) in [5, 5.41) is 3.36. The van der Waals surface area contributed by atoms with E-state index in [1.165, 1.54) is 11.3 Å². The molecule has 0 aliphatic carbocycles. The van der Waals surface area contributed by atoms with E-state index in [2.05, 4.69) is 17.2 Å². The molecule has 1 aromatic rings. The second kappa shape index (κ2) is 9.65. The average molecular weight is 340 g/mol. The molecule has 0 saturated heterocycles. The summed E-state index contributed by atoms with van der Waals surface area (Å²) in [4.78, 5) is 31.8. The predicted octanol–water partition coefficient (Wildman–Crippen LogP) is 3.84. The number of hydrogen-bond acceptors (Lipinski definition) is 4. The van der Waals surface area contributed by atoms with E-state index >= 15 is 0 Å². The van der Waals surface area contributed by atoms with Gasteiger partial charge in [0.2, 0.25) is 11.8 Å². The van der Waals surface area contributed by atoms with Crippen molar-refractivity contribution in [3.63, 3.8) is 0 Å². The van der Waals surface area contributed by atoms with Gasteiger partial charge in [-0.05, 0) is 33.6 Å². The molecule has 2 amide bonds. The predicted molar refractivity (Wildman–Crippen MR) is 95.6 cm³/mol. The Kier molecular flexibility index (Phi) is 8.23. The van der Waals surface area contributed by atoms with E-state index in [4.69, 9.17) is 0 Å². The third-order valence-corrected chi connectivity index (χ3v) is 4.66. The highest BCUT2D eigenvalue weighted by molar-refractivity contribution is 7.15. The molecular weight excluding hydrogens is 310 g/mol. The number of carbonyl (C=O) groups is 2. The molecule has 1 atom stereocenters. The fourth-order valence-corrected chi connectivity index (χ4v) is 3.11. The van der Waals surface area contributed by atoms with Crippen molar-refractivity contribution in [2.45, 2.75) is 66.3 Å². The Morgan fingerprint density at radius 1 is 1.35 bits per heavy atom. The molecule has 1 aromatic heterocycles. The maximum atomic E-state index is 12.7. The Balaban J connectivity index is 2.69. The summed E-state index contributed by atoms with van der Waals surface area (Å²) >= 11 is 1.44. The third kappa shape index (κ3) is 6.29. The number of aromatic nitrogens is 1. The van der Waals surface area contributed by atoms with Gasteiger partial charge >= 0.3 is 0 Å². The van der Waals surface area contributed by atoms with Crippen LogP contribution >= 0.6 is 11.3 Å². The van der Waals surface area contributed by atoms with E-state index in [9.17, 15) is 9.59 Å². The van der Waals surface area contributed by atoms with Crippen molar-refractivity contribution in [1.29, 1.82) is 0 Å². The van der Waals surface area contributed by atoms with Crippen LogP contribution in [-0.2, 0) is 9.59 Å². The highest BCUT2D eigenvalue weighted by Crippen LogP contribution is 2.19. The number of nitrogens with zero attached hydrogens (tertiary/aromatic N) is 2. The summed E-state index contributed by atoms with van der Waals surface area (Å²) in [6, 6.07) is 0.00181. The highest BCUT2D eigenvalue weighted by atomic mass is 32.1. The maximum Gasteiger partial charge on any atom is 0.245 e. The van der Waals surface area contributed by atoms with E-state index < -0.39 is 0 Å². The molecule has 0 bridgehead atoms. The van der Waals surface area contributed by atoms with Gasteiger partial charge in [0.15, 0.2) is 5.13 Å². The second-order valence-electron chi connectivity index (χ2n) is 6.13. The van der Waals surface area contributed by atoms with E-state index in [0.717, 1.165) is 30.6 Å². The number of amides is 2. The van der Waals surface area contributed by atoms with Gasteiger partial charge in [-0.1, -0.05) is 26.7 Å². The SMILES string of the molecule is CCCCC(CC)C(=O)N(CC(=O)Nc1ncc(C)s1)C(C)C. The molecule has 0 fully saturated rings. The largest absolute Gasteiger partial charge is 0.331 e. The van der Waals surface area contributed by atoms with Crippen LogP contribution in [0, 0.1) is 12.8 Å². The van der Waals surface area contributed by atoms with Gasteiger partial charge in [0.1, 0.15) is 6.54 Å². The first-order valence-electron chi connectivity index (χ1n) is 8.41. The molecule has 0 spiro atoms. The fourth-order valence-electron chi connectivity index (χ4n) is 2.43. The van der Waals surface area contributed by atoms with Crippen molar-refractivity contribution in [2.24, 2.45) is 5.92 Å². The van der Waals surface area contributed by atoms with Crippen molar-refractivity contribution < 1.29 is 9.59 Å². The summed E-state index contributed by atoms with van der Waals surface area (Å²) in [7, 11) is 0. The Morgan fingerprint density at radius 3 is 2.52 bits per heavy atom. The van der Waals surface area contributed by atoms with Crippen LogP contribution < -0.4 is 5.32 Å².